The van der Waals surface area contributed by atoms with Gasteiger partial charge in [0.05, 0.1) is 29.6 Å². The summed E-state index contributed by atoms with van der Waals surface area (Å²) in [7, 11) is 1.63. The molecule has 4 nitrogen and oxygen atoms in total. The summed E-state index contributed by atoms with van der Waals surface area (Å²) in [5, 5.41) is 4.78. The molecule has 0 spiro atoms. The summed E-state index contributed by atoms with van der Waals surface area (Å²) in [6, 6.07) is 1.79. The normalized spacial score (nSPS) is 11.8. The van der Waals surface area contributed by atoms with Gasteiger partial charge in [-0.05, 0) is 12.0 Å². The van der Waals surface area contributed by atoms with Crippen molar-refractivity contribution in [3.63, 3.8) is 0 Å². The van der Waals surface area contributed by atoms with Gasteiger partial charge in [-0.1, -0.05) is 25.7 Å². The predicted molar refractivity (Wildman–Crippen MR) is 78.2 cm³/mol. The highest BCUT2D eigenvalue weighted by Crippen LogP contribution is 2.14. The molecule has 0 aliphatic rings. The SMILES string of the molecule is COCC(NC(=O)c1csc(C#CCN)c1)C(C)C. The van der Waals surface area contributed by atoms with Crippen molar-refractivity contribution in [2.75, 3.05) is 20.3 Å². The molecule has 3 N–H and O–H groups in total. The molecule has 0 saturated carbocycles. The van der Waals surface area contributed by atoms with Crippen molar-refractivity contribution in [2.24, 2.45) is 11.7 Å². The molecule has 0 bridgehead atoms. The molecule has 104 valence electrons. The average molecular weight is 280 g/mol. The van der Waals surface area contributed by atoms with Gasteiger partial charge in [0.2, 0.25) is 0 Å². The Kier molecular flexibility index (Phi) is 6.57. The summed E-state index contributed by atoms with van der Waals surface area (Å²) in [4.78, 5) is 12.9. The topological polar surface area (TPSA) is 64.3 Å². The van der Waals surface area contributed by atoms with E-state index in [-0.39, 0.29) is 11.9 Å². The van der Waals surface area contributed by atoms with Gasteiger partial charge in [-0.3, -0.25) is 4.79 Å². The van der Waals surface area contributed by atoms with Gasteiger partial charge >= 0.3 is 0 Å². The van der Waals surface area contributed by atoms with E-state index in [1.807, 2.05) is 0 Å². The van der Waals surface area contributed by atoms with E-state index in [2.05, 4.69) is 31.0 Å². The van der Waals surface area contributed by atoms with Crippen molar-refractivity contribution in [2.45, 2.75) is 19.9 Å². The van der Waals surface area contributed by atoms with Gasteiger partial charge in [-0.2, -0.15) is 0 Å². The van der Waals surface area contributed by atoms with E-state index in [1.165, 1.54) is 11.3 Å². The molecule has 5 heteroatoms. The minimum Gasteiger partial charge on any atom is -0.383 e. The maximum Gasteiger partial charge on any atom is 0.252 e. The molecule has 0 saturated heterocycles. The van der Waals surface area contributed by atoms with Crippen molar-refractivity contribution in [1.82, 2.24) is 5.32 Å². The summed E-state index contributed by atoms with van der Waals surface area (Å²) in [5.74, 6) is 5.92. The molecule has 1 heterocycles. The van der Waals surface area contributed by atoms with Crippen LogP contribution in [0.3, 0.4) is 0 Å². The molecule has 0 fully saturated rings. The number of ether oxygens (including phenoxy) is 1. The zero-order valence-corrected chi connectivity index (χ0v) is 12.3. The Hall–Kier alpha value is -1.35. The lowest BCUT2D eigenvalue weighted by atomic mass is 10.1. The molecule has 1 aromatic rings. The average Bonchev–Trinajstić information content (AvgIpc) is 2.84. The van der Waals surface area contributed by atoms with Crippen molar-refractivity contribution >= 4 is 17.2 Å². The molecule has 0 aliphatic carbocycles. The Labute approximate surface area is 118 Å². The monoisotopic (exact) mass is 280 g/mol. The number of methoxy groups -OCH3 is 1. The van der Waals surface area contributed by atoms with Gasteiger partial charge in [-0.25, -0.2) is 0 Å². The van der Waals surface area contributed by atoms with E-state index < -0.39 is 0 Å². The molecule has 1 amide bonds. The summed E-state index contributed by atoms with van der Waals surface area (Å²) < 4.78 is 5.11. The maximum atomic E-state index is 12.1. The van der Waals surface area contributed by atoms with Crippen LogP contribution in [0, 0.1) is 17.8 Å². The van der Waals surface area contributed by atoms with Crippen LogP contribution in [0.2, 0.25) is 0 Å². The van der Waals surface area contributed by atoms with Gasteiger partial charge in [0.15, 0.2) is 0 Å². The third-order valence-electron chi connectivity index (χ3n) is 2.64. The molecule has 0 aromatic carbocycles. The summed E-state index contributed by atoms with van der Waals surface area (Å²) >= 11 is 1.45. The van der Waals surface area contributed by atoms with Crippen LogP contribution in [0.1, 0.15) is 29.1 Å². The number of nitrogens with two attached hydrogens (primary N) is 1. The first kappa shape index (κ1) is 15.7. The minimum atomic E-state index is -0.0900. The van der Waals surface area contributed by atoms with Crippen LogP contribution in [0.15, 0.2) is 11.4 Å². The van der Waals surface area contributed by atoms with Crippen LogP contribution < -0.4 is 11.1 Å². The maximum absolute atomic E-state index is 12.1. The van der Waals surface area contributed by atoms with Crippen LogP contribution in [-0.2, 0) is 4.74 Å². The third kappa shape index (κ3) is 5.03. The van der Waals surface area contributed by atoms with Gasteiger partial charge in [-0.15, -0.1) is 11.3 Å². The number of hydrogen-bond acceptors (Lipinski definition) is 4. The van der Waals surface area contributed by atoms with Crippen molar-refractivity contribution in [3.05, 3.63) is 21.9 Å². The molecule has 1 atom stereocenters. The molecule has 0 radical (unpaired) electrons. The fourth-order valence-electron chi connectivity index (χ4n) is 1.49. The van der Waals surface area contributed by atoms with Crippen LogP contribution in [-0.4, -0.2) is 32.2 Å². The summed E-state index contributed by atoms with van der Waals surface area (Å²) in [6.07, 6.45) is 0. The lowest BCUT2D eigenvalue weighted by molar-refractivity contribution is 0.0867. The lowest BCUT2D eigenvalue weighted by Crippen LogP contribution is -2.41. The number of amides is 1. The van der Waals surface area contributed by atoms with Crippen LogP contribution >= 0.6 is 11.3 Å². The number of carbonyl (C=O) groups excluding carboxylic acids is 1. The van der Waals surface area contributed by atoms with E-state index in [0.717, 1.165) is 4.88 Å². The summed E-state index contributed by atoms with van der Waals surface area (Å²) in [6.45, 7) is 4.93. The zero-order chi connectivity index (χ0) is 14.3. The van der Waals surface area contributed by atoms with E-state index >= 15 is 0 Å². The second-order valence-corrected chi connectivity index (χ2v) is 5.40. The zero-order valence-electron chi connectivity index (χ0n) is 11.5. The highest BCUT2D eigenvalue weighted by atomic mass is 32.1. The number of hydrogen-bond donors (Lipinski definition) is 2. The van der Waals surface area contributed by atoms with Crippen molar-refractivity contribution in [1.29, 1.82) is 0 Å². The molecular formula is C14H20N2O2S. The lowest BCUT2D eigenvalue weighted by Gasteiger charge is -2.21. The number of nitrogens with one attached hydrogen (secondary N) is 1. The summed E-state index contributed by atoms with van der Waals surface area (Å²) in [5.41, 5.74) is 5.95. The van der Waals surface area contributed by atoms with E-state index in [9.17, 15) is 4.79 Å². The van der Waals surface area contributed by atoms with Crippen molar-refractivity contribution < 1.29 is 9.53 Å². The quantitative estimate of drug-likeness (QED) is 0.803. The van der Waals surface area contributed by atoms with Crippen LogP contribution in [0.4, 0.5) is 0 Å². The Morgan fingerprint density at radius 2 is 2.32 bits per heavy atom. The highest BCUT2D eigenvalue weighted by molar-refractivity contribution is 7.10. The largest absolute Gasteiger partial charge is 0.383 e. The van der Waals surface area contributed by atoms with E-state index in [1.54, 1.807) is 18.6 Å². The van der Waals surface area contributed by atoms with Gasteiger partial charge < -0.3 is 15.8 Å². The second-order valence-electron chi connectivity index (χ2n) is 4.48. The first-order valence-electron chi connectivity index (χ1n) is 6.15. The Morgan fingerprint density at radius 1 is 1.58 bits per heavy atom. The number of thiophene rings is 1. The Bertz CT molecular complexity index is 471. The number of carbonyl (C=O) groups is 1. The Balaban J connectivity index is 2.69. The number of rotatable bonds is 5. The Morgan fingerprint density at radius 3 is 2.89 bits per heavy atom. The standard InChI is InChI=1S/C14H20N2O2S/c1-10(2)13(8-18-3)16-14(17)11-7-12(19-9-11)5-4-6-15/h7,9-10,13H,6,8,15H2,1-3H3,(H,16,17). The molecule has 1 rings (SSSR count). The van der Waals surface area contributed by atoms with E-state index in [0.29, 0.717) is 24.6 Å². The van der Waals surface area contributed by atoms with Crippen molar-refractivity contribution in [3.8, 4) is 11.8 Å². The molecule has 19 heavy (non-hydrogen) atoms. The third-order valence-corrected chi connectivity index (χ3v) is 3.49. The molecule has 0 aliphatic heterocycles. The van der Waals surface area contributed by atoms with Crippen LogP contribution in [0.5, 0.6) is 0 Å². The van der Waals surface area contributed by atoms with E-state index in [4.69, 9.17) is 10.5 Å². The van der Waals surface area contributed by atoms with Gasteiger partial charge in [0.1, 0.15) is 0 Å². The first-order valence-corrected chi connectivity index (χ1v) is 7.03. The molecular weight excluding hydrogens is 260 g/mol. The highest BCUT2D eigenvalue weighted by Gasteiger charge is 2.17. The van der Waals surface area contributed by atoms with Crippen LogP contribution in [0.25, 0.3) is 0 Å². The molecule has 1 aromatic heterocycles. The fourth-order valence-corrected chi connectivity index (χ4v) is 2.25. The minimum absolute atomic E-state index is 0.0102. The van der Waals surface area contributed by atoms with Gasteiger partial charge in [0.25, 0.3) is 5.91 Å². The fraction of sp³-hybridized carbons (Fsp3) is 0.500. The smallest absolute Gasteiger partial charge is 0.252 e. The second kappa shape index (κ2) is 7.95. The first-order chi connectivity index (χ1) is 9.08. The van der Waals surface area contributed by atoms with Gasteiger partial charge in [0, 0.05) is 12.5 Å². The molecule has 1 unspecified atom stereocenters. The predicted octanol–water partition coefficient (Wildman–Crippen LogP) is 1.46.